The summed E-state index contributed by atoms with van der Waals surface area (Å²) >= 11 is 0. The minimum Gasteiger partial charge on any atom is -1.00 e. The van der Waals surface area contributed by atoms with Crippen molar-refractivity contribution in [3.63, 3.8) is 0 Å². The third kappa shape index (κ3) is 15.9. The molecule has 0 bridgehead atoms. The molecule has 40 valence electrons. The molecule has 0 saturated heterocycles. The zero-order valence-electron chi connectivity index (χ0n) is 7.77. The summed E-state index contributed by atoms with van der Waals surface area (Å²) in [7, 11) is 0. The van der Waals surface area contributed by atoms with E-state index in [1.165, 1.54) is 0 Å². The zero-order valence-corrected chi connectivity index (χ0v) is 5.77. The fraction of sp³-hybridized carbons (Fsp3) is 0.750. The summed E-state index contributed by atoms with van der Waals surface area (Å²) in [6.07, 6.45) is 1.02. The van der Waals surface area contributed by atoms with Crippen molar-refractivity contribution in [1.82, 2.24) is 0 Å². The predicted molar refractivity (Wildman–Crippen MR) is 24.8 cm³/mol. The van der Waals surface area contributed by atoms with Gasteiger partial charge in [-0.1, -0.05) is 6.92 Å². The van der Waals surface area contributed by atoms with Gasteiger partial charge in [-0.3, -0.25) is 4.79 Å². The molecular weight excluding hydrogens is 93.9 g/mol. The molecule has 8 heavy (non-hydrogen) atoms. The molecule has 0 aliphatic heterocycles. The van der Waals surface area contributed by atoms with E-state index in [1.807, 2.05) is 6.92 Å². The van der Waals surface area contributed by atoms with Gasteiger partial charge in [0.1, 0.15) is 0 Å². The molecule has 0 aromatic carbocycles. The van der Waals surface area contributed by atoms with Crippen molar-refractivity contribution in [1.29, 1.82) is 0 Å². The average Bonchev–Trinajstić information content (AvgIpc) is 1.35. The number of hydrogen-bond donors (Lipinski definition) is 1. The van der Waals surface area contributed by atoms with E-state index in [-0.39, 0.29) is 40.6 Å². The Balaban J connectivity index is -0.0000000208. The van der Waals surface area contributed by atoms with Crippen LogP contribution in [0.4, 0.5) is 0 Å². The van der Waals surface area contributed by atoms with Gasteiger partial charge in [0.2, 0.25) is 0 Å². The smallest absolute Gasteiger partial charge is 1.00 e. The van der Waals surface area contributed by atoms with Crippen molar-refractivity contribution in [2.24, 2.45) is 0 Å². The van der Waals surface area contributed by atoms with E-state index in [4.69, 9.17) is 5.11 Å². The Morgan fingerprint density at radius 2 is 2.00 bits per heavy atom. The minimum absolute atomic E-state index is 0. The average molecular weight is 104 g/mol. The molecule has 0 unspecified atom stereocenters. The second-order valence-corrected chi connectivity index (χ2v) is 1.14. The van der Waals surface area contributed by atoms with E-state index < -0.39 is 5.97 Å². The molecule has 4 heteroatoms. The second kappa shape index (κ2) is 10.6. The molecule has 1 N–H and O–H groups in total. The second-order valence-electron chi connectivity index (χ2n) is 1.14. The molecule has 0 atom stereocenters. The molecule has 0 aromatic heterocycles. The number of carboxylic acids is 1. The summed E-state index contributed by atoms with van der Waals surface area (Å²) < 4.78 is 0. The molecule has 0 aliphatic rings. The van der Waals surface area contributed by atoms with Crippen molar-refractivity contribution >= 4 is 5.97 Å². The molecule has 0 radical (unpaired) electrons. The molecule has 0 rings (SSSR count). The van der Waals surface area contributed by atoms with E-state index in [0.717, 1.165) is 6.42 Å². The SMILES string of the molecule is CCCC(=O)O.[H-].[H-].[Li+].[Li+]. The van der Waals surface area contributed by atoms with Crippen LogP contribution in [-0.2, 0) is 4.79 Å². The number of rotatable bonds is 2. The first-order valence-electron chi connectivity index (χ1n) is 1.99. The predicted octanol–water partition coefficient (Wildman–Crippen LogP) is -4.90. The van der Waals surface area contributed by atoms with Crippen LogP contribution in [0, 0.1) is 0 Å². The molecule has 0 spiro atoms. The van der Waals surface area contributed by atoms with Gasteiger partial charge < -0.3 is 7.96 Å². The Labute approximate surface area is 76.4 Å². The van der Waals surface area contributed by atoms with Crippen LogP contribution in [0.15, 0.2) is 0 Å². The van der Waals surface area contributed by atoms with Gasteiger partial charge >= 0.3 is 43.7 Å². The number of hydrogen-bond acceptors (Lipinski definition) is 1. The Hall–Kier alpha value is 0.665. The van der Waals surface area contributed by atoms with Crippen LogP contribution in [0.1, 0.15) is 22.6 Å². The van der Waals surface area contributed by atoms with Crippen LogP contribution in [0.25, 0.3) is 0 Å². The summed E-state index contributed by atoms with van der Waals surface area (Å²) in [4.78, 5) is 9.60. The first kappa shape index (κ1) is 15.9. The Bertz CT molecular complexity index is 63.2. The molecule has 2 nitrogen and oxygen atoms in total. The molecular formula is C4H10Li2O2. The van der Waals surface area contributed by atoms with E-state index in [1.54, 1.807) is 0 Å². The van der Waals surface area contributed by atoms with Gasteiger partial charge in [-0.15, -0.1) is 0 Å². The molecule has 0 heterocycles. The van der Waals surface area contributed by atoms with E-state index >= 15 is 0 Å². The maximum absolute atomic E-state index is 9.60. The van der Waals surface area contributed by atoms with Gasteiger partial charge in [-0.2, -0.15) is 0 Å². The summed E-state index contributed by atoms with van der Waals surface area (Å²) in [6, 6.07) is 0. The van der Waals surface area contributed by atoms with E-state index in [2.05, 4.69) is 0 Å². The van der Waals surface area contributed by atoms with Gasteiger partial charge in [-0.25, -0.2) is 0 Å². The Kier molecular flexibility index (Phi) is 21.0. The maximum Gasteiger partial charge on any atom is 1.00 e. The van der Waals surface area contributed by atoms with E-state index in [9.17, 15) is 4.79 Å². The van der Waals surface area contributed by atoms with Crippen LogP contribution in [0.2, 0.25) is 0 Å². The van der Waals surface area contributed by atoms with Crippen molar-refractivity contribution in [2.75, 3.05) is 0 Å². The van der Waals surface area contributed by atoms with E-state index in [0.29, 0.717) is 6.42 Å². The van der Waals surface area contributed by atoms with Crippen LogP contribution < -0.4 is 37.7 Å². The molecule has 0 saturated carbocycles. The monoisotopic (exact) mass is 104 g/mol. The summed E-state index contributed by atoms with van der Waals surface area (Å²) in [5.41, 5.74) is 0. The number of aliphatic carboxylic acids is 1. The first-order valence-corrected chi connectivity index (χ1v) is 1.99. The fourth-order valence-corrected chi connectivity index (χ4v) is 0.214. The molecule has 0 aromatic rings. The normalized spacial score (nSPS) is 6.12. The maximum atomic E-state index is 9.60. The quantitative estimate of drug-likeness (QED) is 0.356. The van der Waals surface area contributed by atoms with Crippen LogP contribution in [0.5, 0.6) is 0 Å². The molecule has 0 aliphatic carbocycles. The van der Waals surface area contributed by atoms with Gasteiger partial charge in [0.25, 0.3) is 0 Å². The van der Waals surface area contributed by atoms with Gasteiger partial charge in [0.15, 0.2) is 0 Å². The fourth-order valence-electron chi connectivity index (χ4n) is 0.214. The van der Waals surface area contributed by atoms with Crippen molar-refractivity contribution in [3.8, 4) is 0 Å². The van der Waals surface area contributed by atoms with Gasteiger partial charge in [0.05, 0.1) is 0 Å². The number of carboxylic acid groups (broad SMARTS) is 1. The first-order chi connectivity index (χ1) is 2.77. The van der Waals surface area contributed by atoms with Crippen LogP contribution >= 0.6 is 0 Å². The van der Waals surface area contributed by atoms with Crippen LogP contribution in [0.3, 0.4) is 0 Å². The van der Waals surface area contributed by atoms with Crippen molar-refractivity contribution in [2.45, 2.75) is 19.8 Å². The standard InChI is InChI=1S/C4H8O2.2Li.2H/c1-2-3-4(5)6;;;;/h2-3H2,1H3,(H,5,6);;;;/q;2*+1;2*-1. The topological polar surface area (TPSA) is 37.3 Å². The largest absolute Gasteiger partial charge is 1.00 e. The summed E-state index contributed by atoms with van der Waals surface area (Å²) in [5, 5.41) is 7.91. The van der Waals surface area contributed by atoms with Gasteiger partial charge in [0, 0.05) is 6.42 Å². The third-order valence-electron chi connectivity index (χ3n) is 0.464. The Morgan fingerprint density at radius 1 is 1.62 bits per heavy atom. The van der Waals surface area contributed by atoms with Crippen molar-refractivity contribution in [3.05, 3.63) is 0 Å². The third-order valence-corrected chi connectivity index (χ3v) is 0.464. The number of carbonyl (C=O) groups is 1. The summed E-state index contributed by atoms with van der Waals surface area (Å²) in [6.45, 7) is 1.84. The van der Waals surface area contributed by atoms with Gasteiger partial charge in [-0.05, 0) is 6.42 Å². The molecule has 0 fully saturated rings. The minimum atomic E-state index is -0.711. The van der Waals surface area contributed by atoms with Crippen LogP contribution in [-0.4, -0.2) is 11.1 Å². The molecule has 0 amide bonds. The Morgan fingerprint density at radius 3 is 2.00 bits per heavy atom. The summed E-state index contributed by atoms with van der Waals surface area (Å²) in [5.74, 6) is -0.711. The van der Waals surface area contributed by atoms with Crippen molar-refractivity contribution < 1.29 is 50.5 Å². The zero-order chi connectivity index (χ0) is 4.99.